The smallest absolute Gasteiger partial charge is 0.331 e. The molecule has 1 aliphatic carbocycles. The molecule has 3 rings (SSSR count). The van der Waals surface area contributed by atoms with E-state index in [1.165, 1.54) is 12.5 Å². The van der Waals surface area contributed by atoms with Crippen molar-refractivity contribution in [2.75, 3.05) is 6.79 Å². The first-order valence-corrected chi connectivity index (χ1v) is 9.60. The number of ether oxygens (including phenoxy) is 3. The summed E-state index contributed by atoms with van der Waals surface area (Å²) in [5.41, 5.74) is 0.675. The van der Waals surface area contributed by atoms with Crippen LogP contribution in [-0.4, -0.2) is 30.8 Å². The predicted octanol–water partition coefficient (Wildman–Crippen LogP) is 3.71. The number of halogens is 1. The summed E-state index contributed by atoms with van der Waals surface area (Å²) in [5.74, 6) is 0.620. The molecule has 1 N–H and O–H groups in total. The zero-order valence-corrected chi connectivity index (χ0v) is 16.3. The van der Waals surface area contributed by atoms with Crippen LogP contribution in [0.15, 0.2) is 18.2 Å². The van der Waals surface area contributed by atoms with Crippen LogP contribution in [0.5, 0.6) is 11.5 Å². The number of carbonyl (C=O) groups excluding carboxylic acids is 2. The van der Waals surface area contributed by atoms with E-state index in [4.69, 9.17) is 25.8 Å². The SMILES string of the molecule is C[C@@H]1CCCC[C@@H]1NC(=O)[C@@H](C)OC(=O)/C=C/c1cc(Cl)c2c(c1)OCO2. The van der Waals surface area contributed by atoms with Gasteiger partial charge in [-0.3, -0.25) is 4.79 Å². The molecule has 0 unspecified atom stereocenters. The van der Waals surface area contributed by atoms with Crippen LogP contribution in [0.2, 0.25) is 5.02 Å². The molecule has 0 radical (unpaired) electrons. The number of amides is 1. The molecule has 27 heavy (non-hydrogen) atoms. The van der Waals surface area contributed by atoms with Gasteiger partial charge in [-0.15, -0.1) is 0 Å². The fraction of sp³-hybridized carbons (Fsp3) is 0.500. The molecular weight excluding hydrogens is 370 g/mol. The maximum atomic E-state index is 12.3. The fourth-order valence-corrected chi connectivity index (χ4v) is 3.62. The van der Waals surface area contributed by atoms with Crippen molar-refractivity contribution < 1.29 is 23.8 Å². The Bertz CT molecular complexity index is 748. The van der Waals surface area contributed by atoms with Crippen LogP contribution in [0.25, 0.3) is 6.08 Å². The Hall–Kier alpha value is -2.21. The largest absolute Gasteiger partial charge is 0.454 e. The van der Waals surface area contributed by atoms with Crippen molar-refractivity contribution in [2.45, 2.75) is 51.7 Å². The molecule has 0 aromatic heterocycles. The van der Waals surface area contributed by atoms with Crippen molar-refractivity contribution in [2.24, 2.45) is 5.92 Å². The van der Waals surface area contributed by atoms with Crippen molar-refractivity contribution in [3.63, 3.8) is 0 Å². The van der Waals surface area contributed by atoms with Crippen LogP contribution >= 0.6 is 11.6 Å². The van der Waals surface area contributed by atoms with Gasteiger partial charge in [0.2, 0.25) is 6.79 Å². The molecule has 146 valence electrons. The molecule has 0 bridgehead atoms. The van der Waals surface area contributed by atoms with E-state index >= 15 is 0 Å². The topological polar surface area (TPSA) is 73.9 Å². The van der Waals surface area contributed by atoms with Crippen molar-refractivity contribution >= 4 is 29.6 Å². The van der Waals surface area contributed by atoms with E-state index in [1.807, 2.05) is 0 Å². The summed E-state index contributed by atoms with van der Waals surface area (Å²) < 4.78 is 15.7. The summed E-state index contributed by atoms with van der Waals surface area (Å²) in [6.07, 6.45) is 6.37. The molecule has 1 heterocycles. The van der Waals surface area contributed by atoms with Gasteiger partial charge in [0.1, 0.15) is 0 Å². The molecule has 6 nitrogen and oxygen atoms in total. The zero-order valence-electron chi connectivity index (χ0n) is 15.5. The first kappa shape index (κ1) is 19.5. The third-order valence-corrected chi connectivity index (χ3v) is 5.24. The zero-order chi connectivity index (χ0) is 19.4. The summed E-state index contributed by atoms with van der Waals surface area (Å²) in [4.78, 5) is 24.3. The lowest BCUT2D eigenvalue weighted by atomic mass is 9.86. The van der Waals surface area contributed by atoms with Crippen LogP contribution < -0.4 is 14.8 Å². The summed E-state index contributed by atoms with van der Waals surface area (Å²) >= 11 is 6.11. The molecule has 7 heteroatoms. The minimum absolute atomic E-state index is 0.122. The average Bonchev–Trinajstić information content (AvgIpc) is 3.11. The summed E-state index contributed by atoms with van der Waals surface area (Å²) in [6, 6.07) is 3.54. The van der Waals surface area contributed by atoms with Gasteiger partial charge in [-0.1, -0.05) is 31.4 Å². The molecule has 1 aromatic rings. The van der Waals surface area contributed by atoms with Crippen LogP contribution in [0.1, 0.15) is 45.1 Å². The Morgan fingerprint density at radius 1 is 1.30 bits per heavy atom. The second kappa shape index (κ2) is 8.65. The van der Waals surface area contributed by atoms with Gasteiger partial charge in [0.05, 0.1) is 5.02 Å². The van der Waals surface area contributed by atoms with Crippen molar-refractivity contribution in [3.8, 4) is 11.5 Å². The number of rotatable bonds is 5. The lowest BCUT2D eigenvalue weighted by molar-refractivity contribution is -0.150. The normalized spacial score (nSPS) is 22.5. The van der Waals surface area contributed by atoms with E-state index in [2.05, 4.69) is 12.2 Å². The van der Waals surface area contributed by atoms with Gasteiger partial charge in [-0.05, 0) is 49.5 Å². The molecule has 3 atom stereocenters. The third-order valence-electron chi connectivity index (χ3n) is 4.96. The minimum atomic E-state index is -0.850. The molecule has 1 fully saturated rings. The van der Waals surface area contributed by atoms with E-state index in [-0.39, 0.29) is 18.7 Å². The highest BCUT2D eigenvalue weighted by Gasteiger charge is 2.26. The molecule has 0 spiro atoms. The summed E-state index contributed by atoms with van der Waals surface area (Å²) in [5, 5.41) is 3.40. The van der Waals surface area contributed by atoms with Gasteiger partial charge in [0, 0.05) is 12.1 Å². The Morgan fingerprint density at radius 3 is 2.85 bits per heavy atom. The molecule has 1 aromatic carbocycles. The molecular formula is C20H24ClNO5. The van der Waals surface area contributed by atoms with E-state index in [1.54, 1.807) is 25.1 Å². The van der Waals surface area contributed by atoms with Gasteiger partial charge < -0.3 is 19.5 Å². The highest BCUT2D eigenvalue weighted by atomic mass is 35.5. The number of fused-ring (bicyclic) bond motifs is 1. The molecule has 1 saturated carbocycles. The maximum Gasteiger partial charge on any atom is 0.331 e. The second-order valence-electron chi connectivity index (χ2n) is 7.03. The van der Waals surface area contributed by atoms with Crippen LogP contribution in [-0.2, 0) is 14.3 Å². The maximum absolute atomic E-state index is 12.3. The van der Waals surface area contributed by atoms with Gasteiger partial charge in [0.15, 0.2) is 17.6 Å². The molecule has 0 saturated heterocycles. The molecule has 2 aliphatic rings. The standard InChI is InChI=1S/C20H24ClNO5/c1-12-5-3-4-6-16(12)22-20(24)13(2)27-18(23)8-7-14-9-15(21)19-17(10-14)25-11-26-19/h7-10,12-13,16H,3-6,11H2,1-2H3,(H,22,24)/b8-7+/t12-,13-,16+/m1/s1. The van der Waals surface area contributed by atoms with Crippen molar-refractivity contribution in [1.82, 2.24) is 5.32 Å². The molecule has 1 amide bonds. The fourth-order valence-electron chi connectivity index (χ4n) is 3.35. The lowest BCUT2D eigenvalue weighted by Crippen LogP contribution is -2.45. The first-order valence-electron chi connectivity index (χ1n) is 9.22. The Kier molecular flexibility index (Phi) is 6.26. The number of benzene rings is 1. The van der Waals surface area contributed by atoms with E-state index < -0.39 is 12.1 Å². The van der Waals surface area contributed by atoms with Crippen LogP contribution in [0, 0.1) is 5.92 Å². The number of carbonyl (C=O) groups is 2. The number of hydrogen-bond acceptors (Lipinski definition) is 5. The Morgan fingerprint density at radius 2 is 2.07 bits per heavy atom. The minimum Gasteiger partial charge on any atom is -0.454 e. The van der Waals surface area contributed by atoms with Crippen LogP contribution in [0.4, 0.5) is 0 Å². The summed E-state index contributed by atoms with van der Waals surface area (Å²) in [7, 11) is 0. The number of nitrogens with one attached hydrogen (secondary N) is 1. The van der Waals surface area contributed by atoms with Gasteiger partial charge in [0.25, 0.3) is 5.91 Å². The van der Waals surface area contributed by atoms with Crippen LogP contribution in [0.3, 0.4) is 0 Å². The second-order valence-corrected chi connectivity index (χ2v) is 7.43. The van der Waals surface area contributed by atoms with Gasteiger partial charge >= 0.3 is 5.97 Å². The Balaban J connectivity index is 1.53. The van der Waals surface area contributed by atoms with E-state index in [0.29, 0.717) is 28.0 Å². The lowest BCUT2D eigenvalue weighted by Gasteiger charge is -2.30. The third kappa shape index (κ3) is 4.95. The highest BCUT2D eigenvalue weighted by molar-refractivity contribution is 6.32. The monoisotopic (exact) mass is 393 g/mol. The predicted molar refractivity (Wildman–Crippen MR) is 102 cm³/mol. The van der Waals surface area contributed by atoms with Crippen molar-refractivity contribution in [1.29, 1.82) is 0 Å². The van der Waals surface area contributed by atoms with Gasteiger partial charge in [-0.2, -0.15) is 0 Å². The number of hydrogen-bond donors (Lipinski definition) is 1. The molecule has 1 aliphatic heterocycles. The number of esters is 1. The Labute approximate surface area is 163 Å². The van der Waals surface area contributed by atoms with Gasteiger partial charge in [-0.25, -0.2) is 4.79 Å². The average molecular weight is 394 g/mol. The summed E-state index contributed by atoms with van der Waals surface area (Å²) in [6.45, 7) is 3.84. The van der Waals surface area contributed by atoms with E-state index in [9.17, 15) is 9.59 Å². The highest BCUT2D eigenvalue weighted by Crippen LogP contribution is 2.40. The quantitative estimate of drug-likeness (QED) is 0.609. The van der Waals surface area contributed by atoms with E-state index in [0.717, 1.165) is 19.3 Å². The van der Waals surface area contributed by atoms with Crippen molar-refractivity contribution in [3.05, 3.63) is 28.8 Å². The first-order chi connectivity index (χ1) is 12.9.